The predicted octanol–water partition coefficient (Wildman–Crippen LogP) is -0.103. The van der Waals surface area contributed by atoms with Crippen molar-refractivity contribution in [3.05, 3.63) is 32.7 Å². The van der Waals surface area contributed by atoms with Crippen LogP contribution >= 0.6 is 0 Å². The lowest BCUT2D eigenvalue weighted by atomic mass is 10.1. The van der Waals surface area contributed by atoms with Gasteiger partial charge in [0.15, 0.2) is 11.6 Å². The lowest BCUT2D eigenvalue weighted by Gasteiger charge is -2.24. The molecule has 1 aromatic heterocycles. The van der Waals surface area contributed by atoms with Gasteiger partial charge in [-0.1, -0.05) is 0 Å². The third-order valence-corrected chi connectivity index (χ3v) is 4.94. The van der Waals surface area contributed by atoms with Crippen molar-refractivity contribution in [2.45, 2.75) is 31.3 Å². The summed E-state index contributed by atoms with van der Waals surface area (Å²) in [4.78, 5) is 26.8. The van der Waals surface area contributed by atoms with E-state index in [9.17, 15) is 14.0 Å². The quantitative estimate of drug-likeness (QED) is 0.749. The summed E-state index contributed by atoms with van der Waals surface area (Å²) in [5.41, 5.74) is 5.13. The molecule has 0 bridgehead atoms. The Hall–Kier alpha value is -2.55. The molecule has 1 saturated heterocycles. The van der Waals surface area contributed by atoms with Crippen LogP contribution in [0.2, 0.25) is 0 Å². The normalized spacial score (nSPS) is 20.4. The minimum Gasteiger partial charge on any atom is -0.492 e. The summed E-state index contributed by atoms with van der Waals surface area (Å²) in [5, 5.41) is 0.0376. The third-order valence-electron chi connectivity index (χ3n) is 4.94. The standard InChI is InChI=1S/C16H20FN5O3/c1-25-14-12-10(6-11(17)13(14)20-5-4-8(18)7-20)15(23)22(19)16(24)21(12)9-2-3-9/h6,8-9H,2-5,7,18-19H2,1H3. The molecule has 1 aliphatic carbocycles. The Balaban J connectivity index is 2.11. The zero-order valence-corrected chi connectivity index (χ0v) is 13.9. The zero-order valence-electron chi connectivity index (χ0n) is 13.9. The molecular formula is C16H20FN5O3. The van der Waals surface area contributed by atoms with Crippen LogP contribution < -0.4 is 32.5 Å². The summed E-state index contributed by atoms with van der Waals surface area (Å²) in [6.45, 7) is 1.07. The fourth-order valence-corrected chi connectivity index (χ4v) is 3.59. The Kier molecular flexibility index (Phi) is 3.50. The van der Waals surface area contributed by atoms with Crippen molar-refractivity contribution in [3.8, 4) is 5.75 Å². The van der Waals surface area contributed by atoms with E-state index in [0.717, 1.165) is 25.3 Å². The van der Waals surface area contributed by atoms with Crippen molar-refractivity contribution in [2.24, 2.45) is 5.73 Å². The monoisotopic (exact) mass is 349 g/mol. The Bertz CT molecular complexity index is 979. The van der Waals surface area contributed by atoms with E-state index in [-0.39, 0.29) is 28.9 Å². The summed E-state index contributed by atoms with van der Waals surface area (Å²) < 4.78 is 22.3. The van der Waals surface area contributed by atoms with Crippen LogP contribution in [0.15, 0.2) is 15.7 Å². The van der Waals surface area contributed by atoms with Crippen molar-refractivity contribution in [1.29, 1.82) is 0 Å². The van der Waals surface area contributed by atoms with E-state index in [2.05, 4.69) is 0 Å². The van der Waals surface area contributed by atoms with Gasteiger partial charge in [0, 0.05) is 25.2 Å². The van der Waals surface area contributed by atoms with E-state index in [1.54, 1.807) is 4.90 Å². The minimum absolute atomic E-state index is 0.0376. The molecule has 134 valence electrons. The fourth-order valence-electron chi connectivity index (χ4n) is 3.59. The number of fused-ring (bicyclic) bond motifs is 1. The molecule has 4 N–H and O–H groups in total. The molecule has 4 rings (SSSR count). The molecule has 1 aliphatic heterocycles. The highest BCUT2D eigenvalue weighted by Crippen LogP contribution is 2.42. The van der Waals surface area contributed by atoms with Gasteiger partial charge in [-0.2, -0.15) is 4.68 Å². The topological polar surface area (TPSA) is 109 Å². The Morgan fingerprint density at radius 2 is 2.00 bits per heavy atom. The number of rotatable bonds is 3. The Labute approximate surface area is 142 Å². The van der Waals surface area contributed by atoms with Gasteiger partial charge in [-0.05, 0) is 25.3 Å². The molecule has 9 heteroatoms. The van der Waals surface area contributed by atoms with Crippen LogP contribution in [0.5, 0.6) is 5.75 Å². The van der Waals surface area contributed by atoms with E-state index in [1.165, 1.54) is 11.7 Å². The van der Waals surface area contributed by atoms with E-state index < -0.39 is 17.1 Å². The van der Waals surface area contributed by atoms with Crippen LogP contribution in [-0.2, 0) is 0 Å². The number of ether oxygens (including phenoxy) is 1. The summed E-state index contributed by atoms with van der Waals surface area (Å²) in [5.74, 6) is 5.21. The molecule has 0 spiro atoms. The van der Waals surface area contributed by atoms with E-state index in [1.807, 2.05) is 0 Å². The van der Waals surface area contributed by atoms with Crippen LogP contribution in [0.25, 0.3) is 10.9 Å². The van der Waals surface area contributed by atoms with Gasteiger partial charge >= 0.3 is 5.69 Å². The van der Waals surface area contributed by atoms with Crippen LogP contribution in [0.3, 0.4) is 0 Å². The first kappa shape index (κ1) is 15.9. The van der Waals surface area contributed by atoms with Gasteiger partial charge in [0.1, 0.15) is 11.2 Å². The molecule has 2 heterocycles. The second kappa shape index (κ2) is 5.48. The van der Waals surface area contributed by atoms with Crippen LogP contribution in [0.4, 0.5) is 10.1 Å². The molecule has 1 unspecified atom stereocenters. The number of nitrogen functional groups attached to an aromatic ring is 1. The number of benzene rings is 1. The molecule has 1 atom stereocenters. The molecule has 2 fully saturated rings. The van der Waals surface area contributed by atoms with Gasteiger partial charge in [0.2, 0.25) is 0 Å². The SMILES string of the molecule is COc1c(N2CCC(N)C2)c(F)cc2c(=O)n(N)c(=O)n(C3CC3)c12. The van der Waals surface area contributed by atoms with Gasteiger partial charge in [0.05, 0.1) is 12.5 Å². The molecular weight excluding hydrogens is 329 g/mol. The number of nitrogens with two attached hydrogens (primary N) is 2. The van der Waals surface area contributed by atoms with Crippen molar-refractivity contribution in [1.82, 2.24) is 9.24 Å². The summed E-state index contributed by atoms with van der Waals surface area (Å²) >= 11 is 0. The lowest BCUT2D eigenvalue weighted by molar-refractivity contribution is 0.412. The van der Waals surface area contributed by atoms with Gasteiger partial charge < -0.3 is 21.2 Å². The smallest absolute Gasteiger partial charge is 0.350 e. The number of nitrogens with zero attached hydrogens (tertiary/aromatic N) is 3. The molecule has 0 radical (unpaired) electrons. The maximum Gasteiger partial charge on any atom is 0.350 e. The summed E-state index contributed by atoms with van der Waals surface area (Å²) in [7, 11) is 1.41. The van der Waals surface area contributed by atoms with Gasteiger partial charge in [-0.25, -0.2) is 9.18 Å². The Morgan fingerprint density at radius 3 is 2.56 bits per heavy atom. The molecule has 0 amide bonds. The van der Waals surface area contributed by atoms with Crippen LogP contribution in [-0.4, -0.2) is 35.5 Å². The summed E-state index contributed by atoms with van der Waals surface area (Å²) in [6.07, 6.45) is 2.34. The maximum absolute atomic E-state index is 14.9. The highest BCUT2D eigenvalue weighted by molar-refractivity contribution is 5.91. The average molecular weight is 349 g/mol. The second-order valence-electron chi connectivity index (χ2n) is 6.69. The average Bonchev–Trinajstić information content (AvgIpc) is 3.33. The fraction of sp³-hybridized carbons (Fsp3) is 0.500. The summed E-state index contributed by atoms with van der Waals surface area (Å²) in [6, 6.07) is 1.03. The minimum atomic E-state index is -0.737. The van der Waals surface area contributed by atoms with Crippen molar-refractivity contribution in [2.75, 3.05) is 30.9 Å². The highest BCUT2D eigenvalue weighted by atomic mass is 19.1. The molecule has 1 aromatic carbocycles. The number of methoxy groups -OCH3 is 1. The number of aromatic nitrogens is 2. The largest absolute Gasteiger partial charge is 0.492 e. The zero-order chi connectivity index (χ0) is 17.9. The van der Waals surface area contributed by atoms with E-state index in [0.29, 0.717) is 23.3 Å². The van der Waals surface area contributed by atoms with Crippen LogP contribution in [0, 0.1) is 5.82 Å². The molecule has 8 nitrogen and oxygen atoms in total. The number of hydrogen-bond acceptors (Lipinski definition) is 6. The highest BCUT2D eigenvalue weighted by Gasteiger charge is 2.33. The van der Waals surface area contributed by atoms with Gasteiger partial charge in [-0.15, -0.1) is 0 Å². The first-order valence-electron chi connectivity index (χ1n) is 8.27. The van der Waals surface area contributed by atoms with Crippen molar-refractivity contribution < 1.29 is 9.13 Å². The number of anilines is 1. The first-order valence-corrected chi connectivity index (χ1v) is 8.27. The predicted molar refractivity (Wildman–Crippen MR) is 92.2 cm³/mol. The van der Waals surface area contributed by atoms with Gasteiger partial charge in [0.25, 0.3) is 5.56 Å². The van der Waals surface area contributed by atoms with Crippen molar-refractivity contribution in [3.63, 3.8) is 0 Å². The molecule has 2 aliphatic rings. The third kappa shape index (κ3) is 2.30. The van der Waals surface area contributed by atoms with E-state index in [4.69, 9.17) is 16.3 Å². The lowest BCUT2D eigenvalue weighted by Crippen LogP contribution is -2.44. The number of hydrogen-bond donors (Lipinski definition) is 2. The van der Waals surface area contributed by atoms with Crippen LogP contribution in [0.1, 0.15) is 25.3 Å². The molecule has 2 aromatic rings. The molecule has 25 heavy (non-hydrogen) atoms. The maximum atomic E-state index is 14.9. The Morgan fingerprint density at radius 1 is 1.28 bits per heavy atom. The van der Waals surface area contributed by atoms with Gasteiger partial charge in [-0.3, -0.25) is 9.36 Å². The number of halogens is 1. The molecule has 1 saturated carbocycles. The van der Waals surface area contributed by atoms with Crippen molar-refractivity contribution >= 4 is 16.6 Å². The second-order valence-corrected chi connectivity index (χ2v) is 6.69. The van der Waals surface area contributed by atoms with E-state index >= 15 is 0 Å². The first-order chi connectivity index (χ1) is 11.9.